The Kier molecular flexibility index (Phi) is 6.54. The smallest absolute Gasteiger partial charge is 0.433 e. The Bertz CT molecular complexity index is 949. The number of aromatic nitrogens is 2. The van der Waals surface area contributed by atoms with Crippen molar-refractivity contribution in [2.45, 2.75) is 55.9 Å². The number of carbonyl (C=O) groups is 1. The molecule has 0 unspecified atom stereocenters. The summed E-state index contributed by atoms with van der Waals surface area (Å²) in [6.45, 7) is 0.0698. The van der Waals surface area contributed by atoms with Crippen LogP contribution >= 0.6 is 11.8 Å². The second-order valence-corrected chi connectivity index (χ2v) is 8.55. The van der Waals surface area contributed by atoms with E-state index in [0.717, 1.165) is 43.5 Å². The standard InChI is InChI=1S/C21H22F3N3O3S/c22-21(23,24)18-11-15(13-6-7-16-17(10-13)30-12-29-16)26-20(27-18)31-9-8-19(28)25-14-4-2-1-3-5-14/h6-7,10-11,14H,1-5,8-9,12H2,(H,25,28). The van der Waals surface area contributed by atoms with Gasteiger partial charge in [-0.1, -0.05) is 31.0 Å². The zero-order valence-electron chi connectivity index (χ0n) is 16.7. The Morgan fingerprint density at radius 3 is 2.65 bits per heavy atom. The molecule has 2 aromatic rings. The van der Waals surface area contributed by atoms with Gasteiger partial charge in [0.05, 0.1) is 5.69 Å². The second kappa shape index (κ2) is 9.33. The predicted molar refractivity (Wildman–Crippen MR) is 109 cm³/mol. The number of rotatable bonds is 6. The number of amides is 1. The maximum Gasteiger partial charge on any atom is 0.433 e. The Morgan fingerprint density at radius 1 is 1.10 bits per heavy atom. The molecule has 0 spiro atoms. The van der Waals surface area contributed by atoms with Crippen molar-refractivity contribution in [3.8, 4) is 22.8 Å². The highest BCUT2D eigenvalue weighted by Crippen LogP contribution is 2.37. The van der Waals surface area contributed by atoms with Crippen LogP contribution in [0.15, 0.2) is 29.4 Å². The molecule has 2 aliphatic rings. The van der Waals surface area contributed by atoms with Crippen LogP contribution in [0.25, 0.3) is 11.3 Å². The first-order chi connectivity index (χ1) is 14.9. The van der Waals surface area contributed by atoms with Crippen LogP contribution in [-0.4, -0.2) is 34.5 Å². The van der Waals surface area contributed by atoms with Crippen LogP contribution in [-0.2, 0) is 11.0 Å². The average Bonchev–Trinajstić information content (AvgIpc) is 3.21. The first-order valence-corrected chi connectivity index (χ1v) is 11.2. The lowest BCUT2D eigenvalue weighted by atomic mass is 9.95. The van der Waals surface area contributed by atoms with Gasteiger partial charge >= 0.3 is 6.18 Å². The molecule has 1 N–H and O–H groups in total. The number of nitrogens with zero attached hydrogens (tertiary/aromatic N) is 2. The van der Waals surface area contributed by atoms with Gasteiger partial charge in [-0.15, -0.1) is 0 Å². The van der Waals surface area contributed by atoms with E-state index < -0.39 is 11.9 Å². The topological polar surface area (TPSA) is 73.3 Å². The van der Waals surface area contributed by atoms with E-state index in [2.05, 4.69) is 15.3 Å². The molecular weight excluding hydrogens is 431 g/mol. The molecule has 2 heterocycles. The number of alkyl halides is 3. The number of thioether (sulfide) groups is 1. The number of ether oxygens (including phenoxy) is 2. The number of hydrogen-bond donors (Lipinski definition) is 1. The predicted octanol–water partition coefficient (Wildman–Crippen LogP) is 4.82. The Labute approximate surface area is 181 Å². The molecule has 0 saturated heterocycles. The molecule has 4 rings (SSSR count). The van der Waals surface area contributed by atoms with Gasteiger partial charge in [-0.25, -0.2) is 9.97 Å². The lowest BCUT2D eigenvalue weighted by Crippen LogP contribution is -2.36. The normalized spacial score (nSPS) is 16.4. The third kappa shape index (κ3) is 5.61. The van der Waals surface area contributed by atoms with E-state index in [1.165, 1.54) is 6.42 Å². The van der Waals surface area contributed by atoms with Gasteiger partial charge in [0.1, 0.15) is 5.69 Å². The highest BCUT2D eigenvalue weighted by molar-refractivity contribution is 7.99. The van der Waals surface area contributed by atoms with Gasteiger partial charge in [0.25, 0.3) is 0 Å². The van der Waals surface area contributed by atoms with Crippen molar-refractivity contribution in [1.29, 1.82) is 0 Å². The van der Waals surface area contributed by atoms with Crippen molar-refractivity contribution >= 4 is 17.7 Å². The fourth-order valence-corrected chi connectivity index (χ4v) is 4.42. The number of benzene rings is 1. The van der Waals surface area contributed by atoms with E-state index in [9.17, 15) is 18.0 Å². The van der Waals surface area contributed by atoms with Crippen LogP contribution in [0.4, 0.5) is 13.2 Å². The molecule has 1 aromatic carbocycles. The molecule has 1 aliphatic carbocycles. The molecule has 1 amide bonds. The fourth-order valence-electron chi connectivity index (χ4n) is 3.62. The molecule has 6 nitrogen and oxygen atoms in total. The summed E-state index contributed by atoms with van der Waals surface area (Å²) in [4.78, 5) is 20.1. The highest BCUT2D eigenvalue weighted by atomic mass is 32.2. The third-order valence-electron chi connectivity index (χ3n) is 5.19. The molecule has 0 atom stereocenters. The van der Waals surface area contributed by atoms with Crippen LogP contribution in [0.1, 0.15) is 44.2 Å². The van der Waals surface area contributed by atoms with Crippen molar-refractivity contribution in [3.63, 3.8) is 0 Å². The fraction of sp³-hybridized carbons (Fsp3) is 0.476. The summed E-state index contributed by atoms with van der Waals surface area (Å²) in [7, 11) is 0. The summed E-state index contributed by atoms with van der Waals surface area (Å²) in [5.41, 5.74) is -0.423. The SMILES string of the molecule is O=C(CCSc1nc(-c2ccc3c(c2)OCO3)cc(C(F)(F)F)n1)NC1CCCCC1. The van der Waals surface area contributed by atoms with Gasteiger partial charge in [0.15, 0.2) is 16.7 Å². The minimum Gasteiger partial charge on any atom is -0.454 e. The van der Waals surface area contributed by atoms with Gasteiger partial charge in [-0.05, 0) is 37.1 Å². The molecule has 166 valence electrons. The Hall–Kier alpha value is -2.49. The first kappa shape index (κ1) is 21.7. The number of carbonyl (C=O) groups excluding carboxylic acids is 1. The molecule has 1 aliphatic heterocycles. The van der Waals surface area contributed by atoms with Crippen molar-refractivity contribution < 1.29 is 27.4 Å². The summed E-state index contributed by atoms with van der Waals surface area (Å²) in [6, 6.07) is 5.97. The quantitative estimate of drug-likeness (QED) is 0.499. The zero-order chi connectivity index (χ0) is 21.8. The summed E-state index contributed by atoms with van der Waals surface area (Å²) in [5, 5.41) is 2.98. The Balaban J connectivity index is 1.45. The summed E-state index contributed by atoms with van der Waals surface area (Å²) in [5.74, 6) is 1.19. The summed E-state index contributed by atoms with van der Waals surface area (Å²) in [6.07, 6.45) is 0.965. The van der Waals surface area contributed by atoms with E-state index in [1.54, 1.807) is 18.2 Å². The number of fused-ring (bicyclic) bond motifs is 1. The van der Waals surface area contributed by atoms with E-state index in [0.29, 0.717) is 22.8 Å². The minimum absolute atomic E-state index is 0.0204. The third-order valence-corrected chi connectivity index (χ3v) is 6.04. The monoisotopic (exact) mass is 453 g/mol. The number of nitrogens with one attached hydrogen (secondary N) is 1. The molecule has 0 radical (unpaired) electrons. The van der Waals surface area contributed by atoms with E-state index in [1.807, 2.05) is 0 Å². The largest absolute Gasteiger partial charge is 0.454 e. The van der Waals surface area contributed by atoms with Gasteiger partial charge in [0.2, 0.25) is 12.7 Å². The van der Waals surface area contributed by atoms with Crippen LogP contribution < -0.4 is 14.8 Å². The zero-order valence-corrected chi connectivity index (χ0v) is 17.5. The molecule has 10 heteroatoms. The van der Waals surface area contributed by atoms with Gasteiger partial charge < -0.3 is 14.8 Å². The second-order valence-electron chi connectivity index (χ2n) is 7.49. The maximum atomic E-state index is 13.4. The highest BCUT2D eigenvalue weighted by Gasteiger charge is 2.34. The van der Waals surface area contributed by atoms with E-state index >= 15 is 0 Å². The summed E-state index contributed by atoms with van der Waals surface area (Å²) < 4.78 is 50.7. The van der Waals surface area contributed by atoms with Crippen molar-refractivity contribution in [3.05, 3.63) is 30.0 Å². The molecule has 1 saturated carbocycles. The van der Waals surface area contributed by atoms with Gasteiger partial charge in [-0.2, -0.15) is 13.2 Å². The van der Waals surface area contributed by atoms with Gasteiger partial charge in [0, 0.05) is 23.8 Å². The molecule has 0 bridgehead atoms. The van der Waals surface area contributed by atoms with Crippen molar-refractivity contribution in [2.24, 2.45) is 0 Å². The average molecular weight is 453 g/mol. The van der Waals surface area contributed by atoms with Gasteiger partial charge in [-0.3, -0.25) is 4.79 Å². The van der Waals surface area contributed by atoms with Crippen LogP contribution in [0, 0.1) is 0 Å². The van der Waals surface area contributed by atoms with Crippen LogP contribution in [0.2, 0.25) is 0 Å². The minimum atomic E-state index is -4.61. The first-order valence-electron chi connectivity index (χ1n) is 10.2. The Morgan fingerprint density at radius 2 is 1.87 bits per heavy atom. The molecule has 1 fully saturated rings. The van der Waals surface area contributed by atoms with E-state index in [-0.39, 0.29) is 36.0 Å². The number of hydrogen-bond acceptors (Lipinski definition) is 6. The summed E-state index contributed by atoms with van der Waals surface area (Å²) >= 11 is 1.04. The molecule has 1 aromatic heterocycles. The van der Waals surface area contributed by atoms with Crippen LogP contribution in [0.3, 0.4) is 0 Å². The lowest BCUT2D eigenvalue weighted by molar-refractivity contribution is -0.141. The molecular formula is C21H22F3N3O3S. The number of halogens is 3. The van der Waals surface area contributed by atoms with Crippen LogP contribution in [0.5, 0.6) is 11.5 Å². The maximum absolute atomic E-state index is 13.4. The van der Waals surface area contributed by atoms with E-state index in [4.69, 9.17) is 9.47 Å². The van der Waals surface area contributed by atoms with Crippen molar-refractivity contribution in [2.75, 3.05) is 12.5 Å². The molecule has 31 heavy (non-hydrogen) atoms. The lowest BCUT2D eigenvalue weighted by Gasteiger charge is -2.22. The van der Waals surface area contributed by atoms with Crippen molar-refractivity contribution in [1.82, 2.24) is 15.3 Å².